The molecule has 1 aliphatic rings. The molecule has 0 spiro atoms. The van der Waals surface area contributed by atoms with Crippen LogP contribution in [0.3, 0.4) is 0 Å². The van der Waals surface area contributed by atoms with E-state index in [1.54, 1.807) is 49.4 Å². The number of benzene rings is 1. The first-order chi connectivity index (χ1) is 10.6. The topological polar surface area (TPSA) is 65.3 Å². The molecule has 0 aromatic heterocycles. The van der Waals surface area contributed by atoms with Gasteiger partial charge in [0.1, 0.15) is 0 Å². The molecule has 0 saturated carbocycles. The Morgan fingerprint density at radius 2 is 1.57 bits per heavy atom. The van der Waals surface area contributed by atoms with Crippen LogP contribution in [0.25, 0.3) is 5.32 Å². The first-order valence-corrected chi connectivity index (χ1v) is 6.94. The molecule has 0 aliphatic heterocycles. The fourth-order valence-corrected chi connectivity index (χ4v) is 2.28. The zero-order chi connectivity index (χ0) is 16.1. The molecule has 2 rings (SSSR count). The van der Waals surface area contributed by atoms with Gasteiger partial charge in [-0.1, -0.05) is 48.6 Å². The third kappa shape index (κ3) is 4.01. The zero-order valence-corrected chi connectivity index (χ0v) is 15.6. The molecule has 0 atom stereocenters. The van der Waals surface area contributed by atoms with Crippen LogP contribution in [-0.2, 0) is 25.2 Å². The van der Waals surface area contributed by atoms with Gasteiger partial charge in [0.15, 0.2) is 11.6 Å². The zero-order valence-electron chi connectivity index (χ0n) is 12.9. The van der Waals surface area contributed by atoms with Gasteiger partial charge in [0, 0.05) is 49.1 Å². The summed E-state index contributed by atoms with van der Waals surface area (Å²) in [6.45, 7) is 1.78. The molecule has 0 N–H and O–H groups in total. The largest absolute Gasteiger partial charge is 0.656 e. The van der Waals surface area contributed by atoms with Crippen LogP contribution in [-0.4, -0.2) is 24.5 Å². The predicted molar refractivity (Wildman–Crippen MR) is 85.0 cm³/mol. The van der Waals surface area contributed by atoms with E-state index in [1.165, 1.54) is 13.1 Å². The van der Waals surface area contributed by atoms with Crippen molar-refractivity contribution in [3.63, 3.8) is 0 Å². The average molecular weight is 481 g/mol. The number of carbonyl (C=O) groups is 3. The van der Waals surface area contributed by atoms with Gasteiger partial charge in [0.25, 0.3) is 0 Å². The average Bonchev–Trinajstić information content (AvgIpc) is 2.54. The number of hydrogen-bond acceptors (Lipinski definition) is 3. The van der Waals surface area contributed by atoms with Crippen molar-refractivity contribution in [2.75, 3.05) is 7.05 Å². The summed E-state index contributed by atoms with van der Waals surface area (Å²) >= 11 is 0. The summed E-state index contributed by atoms with van der Waals surface area (Å²) in [5.41, 5.74) is 1.47. The summed E-state index contributed by atoms with van der Waals surface area (Å²) in [5.74, 6) is -0.667. The molecule has 0 fully saturated rings. The molecule has 5 heteroatoms. The predicted octanol–water partition coefficient (Wildman–Crippen LogP) is 3.41. The summed E-state index contributed by atoms with van der Waals surface area (Å²) in [4.78, 5) is 36.3. The van der Waals surface area contributed by atoms with Crippen LogP contribution in [0.5, 0.6) is 0 Å². The molecule has 1 aromatic carbocycles. The summed E-state index contributed by atoms with van der Waals surface area (Å²) in [6, 6.07) is 6.76. The number of nitrogens with zero attached hydrogens (tertiary/aromatic N) is 1. The van der Waals surface area contributed by atoms with Crippen LogP contribution < -0.4 is 0 Å². The second-order valence-electron chi connectivity index (χ2n) is 4.76. The quantitative estimate of drug-likeness (QED) is 0.664. The SMILES string of the molecule is C\C=C/C1=C(\C=C/CC(=O)[N-]C)C(=O)c2ccccc2C1=O.[Re]. The smallest absolute Gasteiger partial charge is 0.194 e. The molecule has 0 saturated heterocycles. The number of fused-ring (bicyclic) bond motifs is 1. The Morgan fingerprint density at radius 1 is 1.04 bits per heavy atom. The third-order valence-electron chi connectivity index (χ3n) is 3.36. The van der Waals surface area contributed by atoms with E-state index < -0.39 is 0 Å². The van der Waals surface area contributed by atoms with Gasteiger partial charge in [-0.3, -0.25) is 9.59 Å². The number of rotatable bonds is 4. The molecule has 119 valence electrons. The van der Waals surface area contributed by atoms with Crippen molar-refractivity contribution in [2.45, 2.75) is 13.3 Å². The molecule has 0 heterocycles. The van der Waals surface area contributed by atoms with Crippen LogP contribution in [0.1, 0.15) is 34.1 Å². The van der Waals surface area contributed by atoms with E-state index >= 15 is 0 Å². The monoisotopic (exact) mass is 481 g/mol. The molecule has 1 aliphatic carbocycles. The minimum absolute atomic E-state index is 0. The van der Waals surface area contributed by atoms with Crippen LogP contribution in [0.2, 0.25) is 0 Å². The molecule has 0 unspecified atom stereocenters. The van der Waals surface area contributed by atoms with Crippen molar-refractivity contribution in [2.24, 2.45) is 0 Å². The maximum atomic E-state index is 12.6. The van der Waals surface area contributed by atoms with Gasteiger partial charge in [-0.05, 0) is 6.92 Å². The fourth-order valence-electron chi connectivity index (χ4n) is 2.28. The van der Waals surface area contributed by atoms with Gasteiger partial charge < -0.3 is 10.1 Å². The van der Waals surface area contributed by atoms with Crippen LogP contribution >= 0.6 is 0 Å². The van der Waals surface area contributed by atoms with Gasteiger partial charge in [0.05, 0.1) is 5.91 Å². The Hall–Kier alpha value is -2.09. The first-order valence-electron chi connectivity index (χ1n) is 6.94. The summed E-state index contributed by atoms with van der Waals surface area (Å²) in [7, 11) is 1.42. The molecular weight excluding hydrogens is 464 g/mol. The van der Waals surface area contributed by atoms with E-state index in [1.807, 2.05) is 0 Å². The number of amides is 1. The molecular formula is C18H16NO3Re-. The molecule has 1 amide bonds. The Balaban J connectivity index is 0.00000264. The van der Waals surface area contributed by atoms with Crippen molar-refractivity contribution in [1.82, 2.24) is 0 Å². The van der Waals surface area contributed by atoms with Crippen molar-refractivity contribution >= 4 is 17.5 Å². The number of Topliss-reactive ketones (excluding diaryl/α,β-unsaturated/α-hetero) is 2. The van der Waals surface area contributed by atoms with Crippen LogP contribution in [0.4, 0.5) is 0 Å². The van der Waals surface area contributed by atoms with Crippen molar-refractivity contribution < 1.29 is 34.8 Å². The van der Waals surface area contributed by atoms with Gasteiger partial charge in [-0.2, -0.15) is 0 Å². The second kappa shape index (κ2) is 8.52. The summed E-state index contributed by atoms with van der Waals surface area (Å²) in [6.07, 6.45) is 6.55. The van der Waals surface area contributed by atoms with Gasteiger partial charge in [-0.25, -0.2) is 0 Å². The fraction of sp³-hybridized carbons (Fsp3) is 0.167. The summed E-state index contributed by atoms with van der Waals surface area (Å²) in [5, 5.41) is 3.52. The van der Waals surface area contributed by atoms with Gasteiger partial charge in [0.2, 0.25) is 0 Å². The van der Waals surface area contributed by atoms with Crippen molar-refractivity contribution in [1.29, 1.82) is 0 Å². The first kappa shape index (κ1) is 19.0. The maximum Gasteiger partial charge on any atom is 0.194 e. The van der Waals surface area contributed by atoms with E-state index in [9.17, 15) is 14.4 Å². The van der Waals surface area contributed by atoms with Gasteiger partial charge in [-0.15, -0.1) is 7.05 Å². The van der Waals surface area contributed by atoms with Crippen LogP contribution in [0.15, 0.2) is 59.7 Å². The molecule has 1 radical (unpaired) electrons. The van der Waals surface area contributed by atoms with Crippen molar-refractivity contribution in [3.05, 3.63) is 76.2 Å². The number of hydrogen-bond donors (Lipinski definition) is 0. The van der Waals surface area contributed by atoms with E-state index in [0.717, 1.165) is 0 Å². The molecule has 23 heavy (non-hydrogen) atoms. The van der Waals surface area contributed by atoms with E-state index in [0.29, 0.717) is 22.3 Å². The van der Waals surface area contributed by atoms with E-state index in [4.69, 9.17) is 0 Å². The molecule has 4 nitrogen and oxygen atoms in total. The minimum Gasteiger partial charge on any atom is -0.656 e. The second-order valence-corrected chi connectivity index (χ2v) is 4.76. The maximum absolute atomic E-state index is 12.6. The number of carbonyl (C=O) groups excluding carboxylic acids is 3. The molecule has 0 bridgehead atoms. The minimum atomic E-state index is -0.278. The third-order valence-corrected chi connectivity index (χ3v) is 3.36. The Morgan fingerprint density at radius 3 is 2.04 bits per heavy atom. The van der Waals surface area contributed by atoms with E-state index in [-0.39, 0.29) is 44.3 Å². The van der Waals surface area contributed by atoms with Crippen molar-refractivity contribution in [3.8, 4) is 0 Å². The Kier molecular flexibility index (Phi) is 7.02. The Bertz CT molecular complexity index is 730. The Labute approximate surface area is 149 Å². The molecule has 1 aromatic rings. The number of ketones is 2. The number of allylic oxidation sites excluding steroid dienone is 5. The summed E-state index contributed by atoms with van der Waals surface area (Å²) < 4.78 is 0. The normalized spacial score (nSPS) is 14.2. The van der Waals surface area contributed by atoms with Gasteiger partial charge >= 0.3 is 0 Å². The van der Waals surface area contributed by atoms with E-state index in [2.05, 4.69) is 5.32 Å². The standard InChI is InChI=1S/C18H17NO3.Re/c1-3-7-12-15(10-6-11-16(20)19-2)18(22)14-9-5-4-8-13(14)17(12)21;/h3-10H,11H2,1-2H3,(H,19,20);/p-1/b7-3-,10-6-;. The van der Waals surface area contributed by atoms with Crippen LogP contribution in [0, 0.1) is 0 Å².